The molecule has 8 nitrogen and oxygen atoms in total. The Balaban J connectivity index is 1.32. The van der Waals surface area contributed by atoms with E-state index in [0.717, 1.165) is 5.56 Å². The van der Waals surface area contributed by atoms with Crippen molar-refractivity contribution in [3.63, 3.8) is 0 Å². The van der Waals surface area contributed by atoms with Gasteiger partial charge in [0.1, 0.15) is 0 Å². The number of benzene rings is 2. The number of nitrogens with zero attached hydrogens (tertiary/aromatic N) is 3. The van der Waals surface area contributed by atoms with Crippen LogP contribution in [0.25, 0.3) is 0 Å². The lowest BCUT2D eigenvalue weighted by Gasteiger charge is -2.36. The van der Waals surface area contributed by atoms with Crippen molar-refractivity contribution in [2.75, 3.05) is 59.0 Å². The number of nitrogens with one attached hydrogen (secondary N) is 1. The fourth-order valence-electron chi connectivity index (χ4n) is 4.33. The summed E-state index contributed by atoms with van der Waals surface area (Å²) < 4.78 is 5.32. The molecule has 0 aliphatic carbocycles. The zero-order valence-corrected chi connectivity index (χ0v) is 19.4. The van der Waals surface area contributed by atoms with E-state index >= 15 is 0 Å². The molecule has 0 spiro atoms. The van der Waals surface area contributed by atoms with E-state index < -0.39 is 6.04 Å². The van der Waals surface area contributed by atoms with Gasteiger partial charge in [-0.3, -0.25) is 19.3 Å². The SMILES string of the molecule is O=C(NC(CC(=O)N1CCN(CC(=O)N2CCOCC2)CC1)c1ccccc1)c1ccccc1. The maximum absolute atomic E-state index is 13.1. The van der Waals surface area contributed by atoms with Crippen LogP contribution in [-0.2, 0) is 14.3 Å². The number of hydrogen-bond acceptors (Lipinski definition) is 5. The van der Waals surface area contributed by atoms with Crippen LogP contribution >= 0.6 is 0 Å². The van der Waals surface area contributed by atoms with Crippen LogP contribution in [-0.4, -0.2) is 91.4 Å². The molecule has 2 heterocycles. The smallest absolute Gasteiger partial charge is 0.251 e. The predicted molar refractivity (Wildman–Crippen MR) is 128 cm³/mol. The van der Waals surface area contributed by atoms with Crippen LogP contribution in [0, 0.1) is 0 Å². The molecule has 2 aromatic carbocycles. The van der Waals surface area contributed by atoms with E-state index in [4.69, 9.17) is 4.74 Å². The molecule has 3 amide bonds. The minimum absolute atomic E-state index is 0.00127. The summed E-state index contributed by atoms with van der Waals surface area (Å²) in [7, 11) is 0. The molecule has 2 aliphatic rings. The van der Waals surface area contributed by atoms with Crippen LogP contribution < -0.4 is 5.32 Å². The molecule has 0 saturated carbocycles. The fraction of sp³-hybridized carbons (Fsp3) is 0.423. The number of morpholine rings is 1. The molecule has 2 aliphatic heterocycles. The summed E-state index contributed by atoms with van der Waals surface area (Å²) >= 11 is 0. The number of carbonyl (C=O) groups is 3. The van der Waals surface area contributed by atoms with Crippen LogP contribution in [0.1, 0.15) is 28.4 Å². The van der Waals surface area contributed by atoms with Crippen molar-refractivity contribution in [1.82, 2.24) is 20.0 Å². The predicted octanol–water partition coefficient (Wildman–Crippen LogP) is 1.55. The van der Waals surface area contributed by atoms with Gasteiger partial charge in [-0.05, 0) is 17.7 Å². The molecule has 2 saturated heterocycles. The summed E-state index contributed by atoms with van der Waals surface area (Å²) in [5.74, 6) is -0.0779. The molecule has 2 fully saturated rings. The monoisotopic (exact) mass is 464 g/mol. The Kier molecular flexibility index (Phi) is 8.27. The molecule has 2 aromatic rings. The second kappa shape index (κ2) is 11.8. The van der Waals surface area contributed by atoms with Gasteiger partial charge in [-0.2, -0.15) is 0 Å². The first kappa shape index (κ1) is 23.9. The van der Waals surface area contributed by atoms with Crippen molar-refractivity contribution < 1.29 is 19.1 Å². The van der Waals surface area contributed by atoms with E-state index in [1.165, 1.54) is 0 Å². The molecule has 0 aromatic heterocycles. The van der Waals surface area contributed by atoms with E-state index in [0.29, 0.717) is 64.6 Å². The van der Waals surface area contributed by atoms with Crippen molar-refractivity contribution in [2.24, 2.45) is 0 Å². The third-order valence-electron chi connectivity index (χ3n) is 6.37. The highest BCUT2D eigenvalue weighted by Crippen LogP contribution is 2.19. The average molecular weight is 465 g/mol. The van der Waals surface area contributed by atoms with Crippen LogP contribution in [0.15, 0.2) is 60.7 Å². The summed E-state index contributed by atoms with van der Waals surface area (Å²) in [4.78, 5) is 44.2. The molecule has 0 radical (unpaired) electrons. The average Bonchev–Trinajstić information content (AvgIpc) is 2.90. The van der Waals surface area contributed by atoms with Gasteiger partial charge in [-0.15, -0.1) is 0 Å². The van der Waals surface area contributed by atoms with E-state index in [9.17, 15) is 14.4 Å². The summed E-state index contributed by atoms with van der Waals surface area (Å²) in [6, 6.07) is 18.2. The molecular formula is C26H32N4O4. The molecule has 1 unspecified atom stereocenters. The van der Waals surface area contributed by atoms with Gasteiger partial charge in [0.05, 0.1) is 32.2 Å². The van der Waals surface area contributed by atoms with Gasteiger partial charge in [-0.25, -0.2) is 0 Å². The van der Waals surface area contributed by atoms with Crippen LogP contribution in [0.3, 0.4) is 0 Å². The van der Waals surface area contributed by atoms with E-state index in [2.05, 4.69) is 10.2 Å². The quantitative estimate of drug-likeness (QED) is 0.673. The van der Waals surface area contributed by atoms with E-state index in [-0.39, 0.29) is 24.1 Å². The Labute approximate surface area is 200 Å². The number of piperazine rings is 1. The summed E-state index contributed by atoms with van der Waals surface area (Å²) in [5.41, 5.74) is 1.46. The number of ether oxygens (including phenoxy) is 1. The lowest BCUT2D eigenvalue weighted by atomic mass is 10.0. The first-order chi connectivity index (χ1) is 16.6. The Morgan fingerprint density at radius 2 is 1.35 bits per heavy atom. The van der Waals surface area contributed by atoms with Crippen LogP contribution in [0.5, 0.6) is 0 Å². The Bertz CT molecular complexity index is 955. The zero-order chi connectivity index (χ0) is 23.8. The lowest BCUT2D eigenvalue weighted by Crippen LogP contribution is -2.53. The topological polar surface area (TPSA) is 82.2 Å². The number of amides is 3. The maximum atomic E-state index is 13.1. The summed E-state index contributed by atoms with van der Waals surface area (Å²) in [6.45, 7) is 5.32. The highest BCUT2D eigenvalue weighted by atomic mass is 16.5. The first-order valence-electron chi connectivity index (χ1n) is 11.9. The first-order valence-corrected chi connectivity index (χ1v) is 11.9. The molecule has 4 rings (SSSR count). The maximum Gasteiger partial charge on any atom is 0.251 e. The Morgan fingerprint density at radius 3 is 2.00 bits per heavy atom. The van der Waals surface area contributed by atoms with Gasteiger partial charge in [0.15, 0.2) is 0 Å². The Morgan fingerprint density at radius 1 is 0.765 bits per heavy atom. The van der Waals surface area contributed by atoms with Gasteiger partial charge < -0.3 is 19.9 Å². The molecular weight excluding hydrogens is 432 g/mol. The van der Waals surface area contributed by atoms with Gasteiger partial charge in [0.25, 0.3) is 5.91 Å². The molecule has 8 heteroatoms. The Hall–Kier alpha value is -3.23. The standard InChI is InChI=1S/C26H32N4O4/c31-24(29-13-11-28(12-14-29)20-25(32)30-15-17-34-18-16-30)19-23(21-7-3-1-4-8-21)27-26(33)22-9-5-2-6-10-22/h1-10,23H,11-20H2,(H,27,33). The summed E-state index contributed by atoms with van der Waals surface area (Å²) in [5, 5.41) is 3.03. The fourth-order valence-corrected chi connectivity index (χ4v) is 4.33. The lowest BCUT2D eigenvalue weighted by molar-refractivity contribution is -0.138. The second-order valence-corrected chi connectivity index (χ2v) is 8.66. The van der Waals surface area contributed by atoms with Crippen molar-refractivity contribution in [3.8, 4) is 0 Å². The van der Waals surface area contributed by atoms with Gasteiger partial charge >= 0.3 is 0 Å². The molecule has 1 atom stereocenters. The third kappa shape index (κ3) is 6.42. The second-order valence-electron chi connectivity index (χ2n) is 8.66. The number of hydrogen-bond donors (Lipinski definition) is 1. The number of rotatable bonds is 7. The number of carbonyl (C=O) groups excluding carboxylic acids is 3. The molecule has 0 bridgehead atoms. The highest BCUT2D eigenvalue weighted by Gasteiger charge is 2.27. The van der Waals surface area contributed by atoms with Crippen LogP contribution in [0.2, 0.25) is 0 Å². The van der Waals surface area contributed by atoms with Crippen molar-refractivity contribution >= 4 is 17.7 Å². The zero-order valence-electron chi connectivity index (χ0n) is 19.4. The highest BCUT2D eigenvalue weighted by molar-refractivity contribution is 5.94. The van der Waals surface area contributed by atoms with Crippen molar-refractivity contribution in [2.45, 2.75) is 12.5 Å². The van der Waals surface area contributed by atoms with Crippen molar-refractivity contribution in [1.29, 1.82) is 0 Å². The van der Waals surface area contributed by atoms with Gasteiger partial charge in [-0.1, -0.05) is 48.5 Å². The molecule has 34 heavy (non-hydrogen) atoms. The van der Waals surface area contributed by atoms with E-state index in [1.807, 2.05) is 58.3 Å². The van der Waals surface area contributed by atoms with Gasteiger partial charge in [0.2, 0.25) is 11.8 Å². The molecule has 180 valence electrons. The minimum atomic E-state index is -0.415. The van der Waals surface area contributed by atoms with E-state index in [1.54, 1.807) is 12.1 Å². The largest absolute Gasteiger partial charge is 0.378 e. The minimum Gasteiger partial charge on any atom is -0.378 e. The third-order valence-corrected chi connectivity index (χ3v) is 6.37. The molecule has 1 N–H and O–H groups in total. The summed E-state index contributed by atoms with van der Waals surface area (Å²) in [6.07, 6.45) is 0.190. The van der Waals surface area contributed by atoms with Crippen molar-refractivity contribution in [3.05, 3.63) is 71.8 Å². The van der Waals surface area contributed by atoms with Crippen LogP contribution in [0.4, 0.5) is 0 Å². The van der Waals surface area contributed by atoms with Gasteiger partial charge in [0, 0.05) is 44.8 Å². The normalized spacial score (nSPS) is 17.8.